The maximum atomic E-state index is 9.01. The van der Waals surface area contributed by atoms with Gasteiger partial charge in [0, 0.05) is 18.7 Å². The van der Waals surface area contributed by atoms with Crippen molar-refractivity contribution in [2.45, 2.75) is 40.0 Å². The van der Waals surface area contributed by atoms with Crippen molar-refractivity contribution in [3.8, 4) is 0 Å². The molecule has 1 heterocycles. The Morgan fingerprint density at radius 3 is 2.72 bits per heavy atom. The molecule has 0 radical (unpaired) electrons. The van der Waals surface area contributed by atoms with Crippen LogP contribution in [0, 0.1) is 5.41 Å². The predicted octanol–water partition coefficient (Wildman–Crippen LogP) is 1.83. The van der Waals surface area contributed by atoms with Gasteiger partial charge in [-0.15, -0.1) is 0 Å². The first-order chi connectivity index (χ1) is 8.50. The first-order valence-corrected chi connectivity index (χ1v) is 6.44. The molecule has 0 amide bonds. The van der Waals surface area contributed by atoms with E-state index in [0.29, 0.717) is 5.82 Å². The topological polar surface area (TPSA) is 84.1 Å². The van der Waals surface area contributed by atoms with Gasteiger partial charge in [-0.3, -0.25) is 0 Å². The highest BCUT2D eigenvalue weighted by molar-refractivity contribution is 5.55. The summed E-state index contributed by atoms with van der Waals surface area (Å²) in [4.78, 5) is 8.28. The summed E-state index contributed by atoms with van der Waals surface area (Å²) in [6, 6.07) is 0. The normalized spacial score (nSPS) is 11.6. The van der Waals surface area contributed by atoms with Crippen LogP contribution in [0.1, 0.15) is 39.2 Å². The molecule has 0 atom stereocenters. The highest BCUT2D eigenvalue weighted by Gasteiger charge is 2.18. The van der Waals surface area contributed by atoms with Gasteiger partial charge in [0.25, 0.3) is 0 Å². The number of aromatic nitrogens is 2. The molecule has 18 heavy (non-hydrogen) atoms. The molecule has 0 aliphatic rings. The third-order valence-corrected chi connectivity index (χ3v) is 3.00. The zero-order chi connectivity index (χ0) is 13.6. The van der Waals surface area contributed by atoms with Crippen LogP contribution >= 0.6 is 0 Å². The average Bonchev–Trinajstić information content (AvgIpc) is 2.30. The average molecular weight is 252 g/mol. The molecule has 1 aromatic heterocycles. The monoisotopic (exact) mass is 252 g/mol. The predicted molar refractivity (Wildman–Crippen MR) is 74.4 cm³/mol. The number of aliphatic hydroxyl groups is 1. The van der Waals surface area contributed by atoms with E-state index in [-0.39, 0.29) is 12.0 Å². The zero-order valence-electron chi connectivity index (χ0n) is 11.5. The summed E-state index contributed by atoms with van der Waals surface area (Å²) in [5.41, 5.74) is 6.89. The van der Waals surface area contributed by atoms with Gasteiger partial charge in [-0.1, -0.05) is 27.2 Å². The largest absolute Gasteiger partial charge is 0.396 e. The van der Waals surface area contributed by atoms with Crippen LogP contribution in [-0.4, -0.2) is 28.2 Å². The SMILES string of the molecule is CCCc1c(N)ncnc1NCC(C)(C)CCO. The lowest BCUT2D eigenvalue weighted by Crippen LogP contribution is -2.25. The minimum Gasteiger partial charge on any atom is -0.396 e. The fourth-order valence-corrected chi connectivity index (χ4v) is 1.79. The third-order valence-electron chi connectivity index (χ3n) is 3.00. The maximum Gasteiger partial charge on any atom is 0.134 e. The summed E-state index contributed by atoms with van der Waals surface area (Å²) < 4.78 is 0. The molecule has 0 saturated carbocycles. The Bertz CT molecular complexity index is 379. The highest BCUT2D eigenvalue weighted by atomic mass is 16.3. The van der Waals surface area contributed by atoms with Gasteiger partial charge in [0.1, 0.15) is 18.0 Å². The molecule has 5 heteroatoms. The van der Waals surface area contributed by atoms with Crippen molar-refractivity contribution in [2.24, 2.45) is 5.41 Å². The fourth-order valence-electron chi connectivity index (χ4n) is 1.79. The zero-order valence-corrected chi connectivity index (χ0v) is 11.5. The number of nitrogens with one attached hydrogen (secondary N) is 1. The van der Waals surface area contributed by atoms with Crippen LogP contribution in [0.15, 0.2) is 6.33 Å². The molecule has 0 spiro atoms. The van der Waals surface area contributed by atoms with Crippen molar-refractivity contribution < 1.29 is 5.11 Å². The molecule has 0 fully saturated rings. The highest BCUT2D eigenvalue weighted by Crippen LogP contribution is 2.23. The Morgan fingerprint density at radius 2 is 2.11 bits per heavy atom. The first-order valence-electron chi connectivity index (χ1n) is 6.44. The van der Waals surface area contributed by atoms with Crippen molar-refractivity contribution in [1.29, 1.82) is 0 Å². The van der Waals surface area contributed by atoms with Crippen molar-refractivity contribution in [3.63, 3.8) is 0 Å². The van der Waals surface area contributed by atoms with Crippen LogP contribution in [0.25, 0.3) is 0 Å². The van der Waals surface area contributed by atoms with Crippen LogP contribution in [-0.2, 0) is 6.42 Å². The van der Waals surface area contributed by atoms with E-state index in [1.165, 1.54) is 6.33 Å². The van der Waals surface area contributed by atoms with E-state index in [4.69, 9.17) is 10.8 Å². The molecule has 0 saturated heterocycles. The number of rotatable bonds is 7. The van der Waals surface area contributed by atoms with Gasteiger partial charge in [0.05, 0.1) is 0 Å². The van der Waals surface area contributed by atoms with Crippen LogP contribution in [0.4, 0.5) is 11.6 Å². The number of hydrogen-bond donors (Lipinski definition) is 3. The van der Waals surface area contributed by atoms with Gasteiger partial charge in [-0.2, -0.15) is 0 Å². The van der Waals surface area contributed by atoms with Crippen LogP contribution in [0.5, 0.6) is 0 Å². The molecule has 0 aliphatic heterocycles. The van der Waals surface area contributed by atoms with E-state index in [2.05, 4.69) is 36.1 Å². The molecule has 0 aromatic carbocycles. The number of nitrogen functional groups attached to an aromatic ring is 1. The molecule has 102 valence electrons. The van der Waals surface area contributed by atoms with Crippen molar-refractivity contribution in [1.82, 2.24) is 9.97 Å². The summed E-state index contributed by atoms with van der Waals surface area (Å²) in [5.74, 6) is 1.37. The second-order valence-electron chi connectivity index (χ2n) is 5.33. The number of hydrogen-bond acceptors (Lipinski definition) is 5. The Morgan fingerprint density at radius 1 is 1.39 bits per heavy atom. The van der Waals surface area contributed by atoms with Gasteiger partial charge in [-0.05, 0) is 18.3 Å². The first kappa shape index (κ1) is 14.7. The minimum absolute atomic E-state index is 0.0257. The molecule has 5 nitrogen and oxygen atoms in total. The minimum atomic E-state index is 0.0257. The Kier molecular flexibility index (Phi) is 5.34. The molecular formula is C13H24N4O. The fraction of sp³-hybridized carbons (Fsp3) is 0.692. The van der Waals surface area contributed by atoms with Gasteiger partial charge in [0.15, 0.2) is 0 Å². The molecule has 4 N–H and O–H groups in total. The van der Waals surface area contributed by atoms with E-state index >= 15 is 0 Å². The Balaban J connectivity index is 2.75. The van der Waals surface area contributed by atoms with Crippen molar-refractivity contribution in [3.05, 3.63) is 11.9 Å². The van der Waals surface area contributed by atoms with Crippen LogP contribution in [0.3, 0.4) is 0 Å². The number of nitrogens with zero attached hydrogens (tertiary/aromatic N) is 2. The van der Waals surface area contributed by atoms with Gasteiger partial charge >= 0.3 is 0 Å². The summed E-state index contributed by atoms with van der Waals surface area (Å²) in [7, 11) is 0. The molecule has 0 aliphatic carbocycles. The second-order valence-corrected chi connectivity index (χ2v) is 5.33. The van der Waals surface area contributed by atoms with E-state index < -0.39 is 0 Å². The standard InChI is InChI=1S/C13H24N4O/c1-4-5-10-11(14)16-9-17-12(10)15-8-13(2,3)6-7-18/h9,18H,4-8H2,1-3H3,(H3,14,15,16,17). The molecule has 1 rings (SSSR count). The van der Waals surface area contributed by atoms with Crippen LogP contribution in [0.2, 0.25) is 0 Å². The van der Waals surface area contributed by atoms with Crippen LogP contribution < -0.4 is 11.1 Å². The number of nitrogens with two attached hydrogens (primary N) is 1. The smallest absolute Gasteiger partial charge is 0.134 e. The second kappa shape index (κ2) is 6.54. The van der Waals surface area contributed by atoms with Gasteiger partial charge in [0.2, 0.25) is 0 Å². The van der Waals surface area contributed by atoms with Crippen molar-refractivity contribution >= 4 is 11.6 Å². The van der Waals surface area contributed by atoms with Crippen molar-refractivity contribution in [2.75, 3.05) is 24.2 Å². The Labute approximate surface area is 109 Å². The summed E-state index contributed by atoms with van der Waals surface area (Å²) in [5, 5.41) is 12.3. The van der Waals surface area contributed by atoms with E-state index in [0.717, 1.165) is 37.2 Å². The van der Waals surface area contributed by atoms with E-state index in [1.54, 1.807) is 0 Å². The van der Waals surface area contributed by atoms with Gasteiger partial charge in [-0.25, -0.2) is 9.97 Å². The lowest BCUT2D eigenvalue weighted by atomic mass is 9.90. The lowest BCUT2D eigenvalue weighted by molar-refractivity contribution is 0.220. The number of aliphatic hydroxyl groups excluding tert-OH is 1. The Hall–Kier alpha value is -1.36. The molecular weight excluding hydrogens is 228 g/mol. The summed E-state index contributed by atoms with van der Waals surface area (Å²) in [6.07, 6.45) is 4.11. The maximum absolute atomic E-state index is 9.01. The number of anilines is 2. The van der Waals surface area contributed by atoms with E-state index in [9.17, 15) is 0 Å². The molecule has 1 aromatic rings. The quantitative estimate of drug-likeness (QED) is 0.689. The summed E-state index contributed by atoms with van der Waals surface area (Å²) >= 11 is 0. The lowest BCUT2D eigenvalue weighted by Gasteiger charge is -2.25. The van der Waals surface area contributed by atoms with Gasteiger partial charge < -0.3 is 16.2 Å². The third kappa shape index (κ3) is 4.14. The molecule has 0 bridgehead atoms. The summed E-state index contributed by atoms with van der Waals surface area (Å²) in [6.45, 7) is 7.27. The molecule has 0 unspecified atom stereocenters. The van der Waals surface area contributed by atoms with E-state index in [1.807, 2.05) is 0 Å².